The average Bonchev–Trinajstić information content (AvgIpc) is 2.66. The molecule has 2 N–H and O–H groups in total. The summed E-state index contributed by atoms with van der Waals surface area (Å²) in [7, 11) is 0. The molecule has 0 fully saturated rings. The highest BCUT2D eigenvalue weighted by atomic mass is 16.5. The largest absolute Gasteiger partial charge is 0.481 e. The van der Waals surface area contributed by atoms with Gasteiger partial charge >= 0.3 is 0 Å². The fourth-order valence-corrected chi connectivity index (χ4v) is 2.59. The van der Waals surface area contributed by atoms with Gasteiger partial charge in [0.25, 0.3) is 11.8 Å². The lowest BCUT2D eigenvalue weighted by atomic mass is 10.1. The molecule has 0 aliphatic rings. The van der Waals surface area contributed by atoms with E-state index in [2.05, 4.69) is 17.6 Å². The Morgan fingerprint density at radius 3 is 2.56 bits per heavy atom. The van der Waals surface area contributed by atoms with Gasteiger partial charge in [0, 0.05) is 6.54 Å². The van der Waals surface area contributed by atoms with Crippen LogP contribution in [0.2, 0.25) is 0 Å². The minimum absolute atomic E-state index is 0.192. The number of hydrogen-bond acceptors (Lipinski definition) is 3. The van der Waals surface area contributed by atoms with Crippen molar-refractivity contribution in [1.82, 2.24) is 5.32 Å². The van der Waals surface area contributed by atoms with Crippen LogP contribution in [0.1, 0.15) is 48.2 Å². The summed E-state index contributed by atoms with van der Waals surface area (Å²) in [5.41, 5.74) is 3.04. The van der Waals surface area contributed by atoms with Gasteiger partial charge in [-0.15, -0.1) is 0 Å². The van der Waals surface area contributed by atoms with E-state index in [9.17, 15) is 9.59 Å². The summed E-state index contributed by atoms with van der Waals surface area (Å²) in [6.07, 6.45) is 1.23. The van der Waals surface area contributed by atoms with Gasteiger partial charge in [-0.25, -0.2) is 0 Å². The fraction of sp³-hybridized carbons (Fsp3) is 0.364. The number of carbonyl (C=O) groups is 2. The zero-order valence-corrected chi connectivity index (χ0v) is 16.5. The first kappa shape index (κ1) is 20.5. The van der Waals surface area contributed by atoms with Crippen LogP contribution in [-0.4, -0.2) is 24.5 Å². The third-order valence-corrected chi connectivity index (χ3v) is 4.47. The SMILES string of the molecule is CCCCNC(=O)c1ccccc1NC(=O)[C@H](C)Oc1cccc(C)c1C. The van der Waals surface area contributed by atoms with Crippen LogP contribution in [-0.2, 0) is 4.79 Å². The van der Waals surface area contributed by atoms with Crippen molar-refractivity contribution in [3.8, 4) is 5.75 Å². The van der Waals surface area contributed by atoms with E-state index in [-0.39, 0.29) is 11.8 Å². The second kappa shape index (κ2) is 9.76. The molecule has 0 saturated heterocycles. The zero-order chi connectivity index (χ0) is 19.8. The van der Waals surface area contributed by atoms with Crippen LogP contribution >= 0.6 is 0 Å². The van der Waals surface area contributed by atoms with Gasteiger partial charge in [0.05, 0.1) is 11.3 Å². The van der Waals surface area contributed by atoms with Crippen molar-refractivity contribution >= 4 is 17.5 Å². The number of carbonyl (C=O) groups excluding carboxylic acids is 2. The molecule has 2 amide bonds. The van der Waals surface area contributed by atoms with E-state index < -0.39 is 6.10 Å². The Morgan fingerprint density at radius 2 is 1.81 bits per heavy atom. The summed E-state index contributed by atoms with van der Waals surface area (Å²) in [6.45, 7) is 8.34. The summed E-state index contributed by atoms with van der Waals surface area (Å²) in [4.78, 5) is 25.0. The number of anilines is 1. The summed E-state index contributed by atoms with van der Waals surface area (Å²) < 4.78 is 5.83. The Morgan fingerprint density at radius 1 is 1.07 bits per heavy atom. The second-order valence-corrected chi connectivity index (χ2v) is 6.60. The smallest absolute Gasteiger partial charge is 0.265 e. The molecule has 2 aromatic carbocycles. The first-order valence-corrected chi connectivity index (χ1v) is 9.35. The molecule has 27 heavy (non-hydrogen) atoms. The number of rotatable bonds is 8. The predicted octanol–water partition coefficient (Wildman–Crippen LogP) is 4.24. The first-order valence-electron chi connectivity index (χ1n) is 9.35. The van der Waals surface area contributed by atoms with Crippen molar-refractivity contribution < 1.29 is 14.3 Å². The normalized spacial score (nSPS) is 11.6. The van der Waals surface area contributed by atoms with E-state index in [0.29, 0.717) is 23.5 Å². The molecular formula is C22H28N2O3. The molecule has 2 rings (SSSR count). The molecule has 0 heterocycles. The zero-order valence-electron chi connectivity index (χ0n) is 16.5. The molecule has 0 spiro atoms. The Balaban J connectivity index is 2.06. The monoisotopic (exact) mass is 368 g/mol. The third kappa shape index (κ3) is 5.58. The lowest BCUT2D eigenvalue weighted by Crippen LogP contribution is -2.32. The van der Waals surface area contributed by atoms with Crippen LogP contribution < -0.4 is 15.4 Å². The van der Waals surface area contributed by atoms with Crippen LogP contribution in [0.3, 0.4) is 0 Å². The number of hydrogen-bond donors (Lipinski definition) is 2. The van der Waals surface area contributed by atoms with Gasteiger partial charge in [-0.3, -0.25) is 9.59 Å². The maximum absolute atomic E-state index is 12.6. The molecule has 1 atom stereocenters. The molecule has 0 aromatic heterocycles. The van der Waals surface area contributed by atoms with Gasteiger partial charge < -0.3 is 15.4 Å². The van der Waals surface area contributed by atoms with Crippen molar-refractivity contribution in [2.45, 2.75) is 46.6 Å². The van der Waals surface area contributed by atoms with Gasteiger partial charge in [0.1, 0.15) is 5.75 Å². The van der Waals surface area contributed by atoms with Gasteiger partial charge in [-0.1, -0.05) is 37.6 Å². The van der Waals surface area contributed by atoms with E-state index in [0.717, 1.165) is 24.0 Å². The van der Waals surface area contributed by atoms with Crippen LogP contribution in [0.5, 0.6) is 5.75 Å². The molecule has 0 saturated carbocycles. The molecular weight excluding hydrogens is 340 g/mol. The Bertz CT molecular complexity index is 802. The van der Waals surface area contributed by atoms with Crippen LogP contribution in [0.15, 0.2) is 42.5 Å². The lowest BCUT2D eigenvalue weighted by molar-refractivity contribution is -0.122. The number of nitrogens with one attached hydrogen (secondary N) is 2. The van der Waals surface area contributed by atoms with E-state index in [1.165, 1.54) is 0 Å². The molecule has 2 aromatic rings. The summed E-state index contributed by atoms with van der Waals surface area (Å²) >= 11 is 0. The first-order chi connectivity index (χ1) is 12.9. The van der Waals surface area contributed by atoms with Crippen molar-refractivity contribution in [2.24, 2.45) is 0 Å². The summed E-state index contributed by atoms with van der Waals surface area (Å²) in [5.74, 6) is 0.190. The Labute approximate surface area is 161 Å². The molecule has 5 nitrogen and oxygen atoms in total. The van der Waals surface area contributed by atoms with Crippen molar-refractivity contribution in [1.29, 1.82) is 0 Å². The highest BCUT2D eigenvalue weighted by Crippen LogP contribution is 2.22. The fourth-order valence-electron chi connectivity index (χ4n) is 2.59. The van der Waals surface area contributed by atoms with E-state index >= 15 is 0 Å². The van der Waals surface area contributed by atoms with Crippen molar-refractivity contribution in [3.05, 3.63) is 59.2 Å². The number of benzene rings is 2. The number of aryl methyl sites for hydroxylation is 1. The minimum Gasteiger partial charge on any atom is -0.481 e. The van der Waals surface area contributed by atoms with E-state index in [4.69, 9.17) is 4.74 Å². The van der Waals surface area contributed by atoms with Crippen LogP contribution in [0, 0.1) is 13.8 Å². The average molecular weight is 368 g/mol. The molecule has 144 valence electrons. The van der Waals surface area contributed by atoms with Gasteiger partial charge in [-0.05, 0) is 56.5 Å². The standard InChI is InChI=1S/C22H28N2O3/c1-5-6-14-23-22(26)18-11-7-8-12-19(18)24-21(25)17(4)27-20-13-9-10-15(2)16(20)3/h7-13,17H,5-6,14H2,1-4H3,(H,23,26)(H,24,25)/t17-/m0/s1. The Kier molecular flexibility index (Phi) is 7.41. The number of amides is 2. The molecule has 0 radical (unpaired) electrons. The quantitative estimate of drug-likeness (QED) is 0.685. The van der Waals surface area contributed by atoms with Gasteiger partial charge in [0.15, 0.2) is 6.10 Å². The highest BCUT2D eigenvalue weighted by molar-refractivity contribution is 6.04. The van der Waals surface area contributed by atoms with Crippen molar-refractivity contribution in [3.63, 3.8) is 0 Å². The minimum atomic E-state index is -0.693. The molecule has 5 heteroatoms. The summed E-state index contributed by atoms with van der Waals surface area (Å²) in [5, 5.41) is 5.69. The van der Waals surface area contributed by atoms with Gasteiger partial charge in [0.2, 0.25) is 0 Å². The van der Waals surface area contributed by atoms with Gasteiger partial charge in [-0.2, -0.15) is 0 Å². The van der Waals surface area contributed by atoms with E-state index in [1.807, 2.05) is 32.0 Å². The van der Waals surface area contributed by atoms with E-state index in [1.54, 1.807) is 31.2 Å². The second-order valence-electron chi connectivity index (χ2n) is 6.60. The lowest BCUT2D eigenvalue weighted by Gasteiger charge is -2.18. The number of para-hydroxylation sites is 1. The topological polar surface area (TPSA) is 67.4 Å². The molecule has 0 bridgehead atoms. The highest BCUT2D eigenvalue weighted by Gasteiger charge is 2.19. The molecule has 0 aliphatic heterocycles. The maximum atomic E-state index is 12.6. The number of unbranched alkanes of at least 4 members (excludes halogenated alkanes) is 1. The molecule has 0 aliphatic carbocycles. The van der Waals surface area contributed by atoms with Crippen LogP contribution in [0.25, 0.3) is 0 Å². The molecule has 0 unspecified atom stereocenters. The number of ether oxygens (including phenoxy) is 1. The predicted molar refractivity (Wildman–Crippen MR) is 108 cm³/mol. The third-order valence-electron chi connectivity index (χ3n) is 4.47. The van der Waals surface area contributed by atoms with Crippen molar-refractivity contribution in [2.75, 3.05) is 11.9 Å². The van der Waals surface area contributed by atoms with Crippen LogP contribution in [0.4, 0.5) is 5.69 Å². The Hall–Kier alpha value is -2.82. The summed E-state index contributed by atoms with van der Waals surface area (Å²) in [6, 6.07) is 12.7. The maximum Gasteiger partial charge on any atom is 0.265 e.